The zero-order valence-electron chi connectivity index (χ0n) is 8.88. The first-order valence-corrected chi connectivity index (χ1v) is 5.49. The maximum Gasteiger partial charge on any atom is 0.0926 e. The highest BCUT2D eigenvalue weighted by atomic mass is 14.9. The molecule has 0 aliphatic heterocycles. The van der Waals surface area contributed by atoms with Crippen molar-refractivity contribution in [2.24, 2.45) is 0 Å². The molecule has 1 aliphatic carbocycles. The Morgan fingerprint density at radius 1 is 1.53 bits per heavy atom. The van der Waals surface area contributed by atoms with E-state index in [1.165, 1.54) is 29.5 Å². The van der Waals surface area contributed by atoms with Crippen molar-refractivity contribution >= 4 is 11.0 Å². The molecule has 78 valence electrons. The molecule has 3 rings (SSSR count). The Bertz CT molecular complexity index is 483. The van der Waals surface area contributed by atoms with Crippen LogP contribution in [0.4, 0.5) is 0 Å². The van der Waals surface area contributed by atoms with Crippen LogP contribution < -0.4 is 5.32 Å². The summed E-state index contributed by atoms with van der Waals surface area (Å²) >= 11 is 0. The first kappa shape index (κ1) is 8.92. The largest absolute Gasteiger partial charge is 0.359 e. The van der Waals surface area contributed by atoms with Gasteiger partial charge in [-0.1, -0.05) is 0 Å². The number of nitrogens with one attached hydrogen (secondary N) is 2. The van der Waals surface area contributed by atoms with E-state index in [1.807, 2.05) is 12.3 Å². The average molecular weight is 201 g/mol. The number of fused-ring (bicyclic) bond motifs is 1. The van der Waals surface area contributed by atoms with Crippen molar-refractivity contribution in [3.05, 3.63) is 29.6 Å². The van der Waals surface area contributed by atoms with Crippen LogP contribution in [0.5, 0.6) is 0 Å². The van der Waals surface area contributed by atoms with Crippen molar-refractivity contribution in [1.29, 1.82) is 0 Å². The molecule has 0 unspecified atom stereocenters. The minimum Gasteiger partial charge on any atom is -0.359 e. The third-order valence-electron chi connectivity index (χ3n) is 3.01. The van der Waals surface area contributed by atoms with Crippen molar-refractivity contribution in [3.63, 3.8) is 0 Å². The number of aryl methyl sites for hydroxylation is 1. The van der Waals surface area contributed by atoms with Gasteiger partial charge in [0.15, 0.2) is 0 Å². The van der Waals surface area contributed by atoms with Crippen LogP contribution in [-0.2, 0) is 6.54 Å². The van der Waals surface area contributed by atoms with Gasteiger partial charge in [-0.15, -0.1) is 0 Å². The molecule has 1 aliphatic rings. The zero-order chi connectivity index (χ0) is 10.3. The smallest absolute Gasteiger partial charge is 0.0926 e. The fraction of sp³-hybridized carbons (Fsp3) is 0.417. The molecule has 2 heterocycles. The summed E-state index contributed by atoms with van der Waals surface area (Å²) < 4.78 is 0. The highest BCUT2D eigenvalue weighted by Gasteiger charge is 2.20. The highest BCUT2D eigenvalue weighted by Crippen LogP contribution is 2.22. The zero-order valence-corrected chi connectivity index (χ0v) is 8.88. The van der Waals surface area contributed by atoms with Crippen LogP contribution in [0.3, 0.4) is 0 Å². The van der Waals surface area contributed by atoms with Gasteiger partial charge in [0.1, 0.15) is 0 Å². The number of pyridine rings is 1. The van der Waals surface area contributed by atoms with Crippen LogP contribution >= 0.6 is 0 Å². The van der Waals surface area contributed by atoms with Crippen LogP contribution in [0.15, 0.2) is 18.5 Å². The van der Waals surface area contributed by atoms with Gasteiger partial charge in [0.05, 0.1) is 11.0 Å². The lowest BCUT2D eigenvalue weighted by atomic mass is 10.2. The van der Waals surface area contributed by atoms with Crippen LogP contribution in [0, 0.1) is 6.92 Å². The first-order valence-electron chi connectivity index (χ1n) is 5.49. The summed E-state index contributed by atoms with van der Waals surface area (Å²) in [6, 6.07) is 2.79. The van der Waals surface area contributed by atoms with Crippen LogP contribution in [-0.4, -0.2) is 16.0 Å². The quantitative estimate of drug-likeness (QED) is 0.798. The summed E-state index contributed by atoms with van der Waals surface area (Å²) in [4.78, 5) is 7.73. The third-order valence-corrected chi connectivity index (χ3v) is 3.01. The second-order valence-electron chi connectivity index (χ2n) is 4.32. The molecule has 2 aromatic rings. The predicted molar refractivity (Wildman–Crippen MR) is 60.7 cm³/mol. The summed E-state index contributed by atoms with van der Waals surface area (Å²) in [5, 5.41) is 3.51. The van der Waals surface area contributed by atoms with Gasteiger partial charge in [-0.25, -0.2) is 0 Å². The van der Waals surface area contributed by atoms with E-state index >= 15 is 0 Å². The molecule has 2 aromatic heterocycles. The van der Waals surface area contributed by atoms with Crippen molar-refractivity contribution in [2.75, 3.05) is 0 Å². The van der Waals surface area contributed by atoms with E-state index < -0.39 is 0 Å². The molecule has 15 heavy (non-hydrogen) atoms. The molecular formula is C12H15N3. The van der Waals surface area contributed by atoms with Gasteiger partial charge in [-0.2, -0.15) is 0 Å². The minimum atomic E-state index is 0.750. The second-order valence-corrected chi connectivity index (χ2v) is 4.32. The van der Waals surface area contributed by atoms with E-state index in [9.17, 15) is 0 Å². The van der Waals surface area contributed by atoms with Gasteiger partial charge in [-0.3, -0.25) is 4.98 Å². The topological polar surface area (TPSA) is 40.7 Å². The molecule has 0 spiro atoms. The molecule has 1 saturated carbocycles. The molecule has 0 saturated heterocycles. The van der Waals surface area contributed by atoms with Crippen LogP contribution in [0.2, 0.25) is 0 Å². The first-order chi connectivity index (χ1) is 7.34. The third kappa shape index (κ3) is 1.63. The van der Waals surface area contributed by atoms with Gasteiger partial charge in [0.2, 0.25) is 0 Å². The lowest BCUT2D eigenvalue weighted by Gasteiger charge is -2.00. The number of aromatic nitrogens is 2. The van der Waals surface area contributed by atoms with Crippen LogP contribution in [0.1, 0.15) is 24.0 Å². The predicted octanol–water partition coefficient (Wildman–Crippen LogP) is 2.12. The van der Waals surface area contributed by atoms with E-state index in [0.29, 0.717) is 0 Å². The van der Waals surface area contributed by atoms with Crippen molar-refractivity contribution in [3.8, 4) is 0 Å². The Morgan fingerprint density at radius 3 is 3.20 bits per heavy atom. The maximum atomic E-state index is 4.43. The van der Waals surface area contributed by atoms with E-state index in [2.05, 4.69) is 28.4 Å². The summed E-state index contributed by atoms with van der Waals surface area (Å²) in [5.74, 6) is 0. The Hall–Kier alpha value is -1.35. The lowest BCUT2D eigenvalue weighted by Crippen LogP contribution is -2.14. The number of hydrogen-bond acceptors (Lipinski definition) is 2. The van der Waals surface area contributed by atoms with Gasteiger partial charge in [0.25, 0.3) is 0 Å². The molecule has 0 radical (unpaired) electrons. The Kier molecular flexibility index (Phi) is 1.99. The average Bonchev–Trinajstić information content (AvgIpc) is 2.97. The van der Waals surface area contributed by atoms with Gasteiger partial charge in [-0.05, 0) is 31.4 Å². The Morgan fingerprint density at radius 2 is 2.40 bits per heavy atom. The normalized spacial score (nSPS) is 16.1. The summed E-state index contributed by atoms with van der Waals surface area (Å²) in [7, 11) is 0. The number of H-pyrrole nitrogens is 1. The van der Waals surface area contributed by atoms with Crippen molar-refractivity contribution < 1.29 is 0 Å². The van der Waals surface area contributed by atoms with Crippen molar-refractivity contribution in [2.45, 2.75) is 32.4 Å². The second kappa shape index (κ2) is 3.35. The maximum absolute atomic E-state index is 4.43. The lowest BCUT2D eigenvalue weighted by molar-refractivity contribution is 0.690. The molecular weight excluding hydrogens is 186 g/mol. The van der Waals surface area contributed by atoms with Gasteiger partial charge in [0, 0.05) is 30.5 Å². The summed E-state index contributed by atoms with van der Waals surface area (Å²) in [6.07, 6.45) is 6.61. The summed E-state index contributed by atoms with van der Waals surface area (Å²) in [5.41, 5.74) is 4.83. The molecule has 2 N–H and O–H groups in total. The monoisotopic (exact) mass is 201 g/mol. The van der Waals surface area contributed by atoms with E-state index in [-0.39, 0.29) is 0 Å². The van der Waals surface area contributed by atoms with Gasteiger partial charge < -0.3 is 10.3 Å². The van der Waals surface area contributed by atoms with E-state index in [4.69, 9.17) is 0 Å². The van der Waals surface area contributed by atoms with Crippen LogP contribution in [0.25, 0.3) is 11.0 Å². The molecule has 1 fully saturated rings. The van der Waals surface area contributed by atoms with E-state index in [0.717, 1.165) is 18.1 Å². The van der Waals surface area contributed by atoms with Gasteiger partial charge >= 0.3 is 0 Å². The molecule has 0 atom stereocenters. The fourth-order valence-electron chi connectivity index (χ4n) is 1.89. The molecule has 3 nitrogen and oxygen atoms in total. The highest BCUT2D eigenvalue weighted by molar-refractivity contribution is 5.81. The summed E-state index contributed by atoms with van der Waals surface area (Å²) in [6.45, 7) is 3.04. The standard InChI is InChI=1S/C12H15N3/c1-8-4-5-13-12-9(7-15-11(8)12)6-14-10-2-3-10/h4-5,7,10,14-15H,2-3,6H2,1H3. The number of hydrogen-bond donors (Lipinski definition) is 2. The van der Waals surface area contributed by atoms with Crippen molar-refractivity contribution in [1.82, 2.24) is 15.3 Å². The molecule has 3 heteroatoms. The number of nitrogens with zero attached hydrogens (tertiary/aromatic N) is 1. The molecule has 0 aromatic carbocycles. The van der Waals surface area contributed by atoms with E-state index in [1.54, 1.807) is 0 Å². The molecule has 0 amide bonds. The Balaban J connectivity index is 1.92. The SMILES string of the molecule is Cc1ccnc2c(CNC3CC3)c[nH]c12. The number of rotatable bonds is 3. The number of aromatic amines is 1. The Labute approximate surface area is 88.9 Å². The molecule has 0 bridgehead atoms. The minimum absolute atomic E-state index is 0.750. The fourth-order valence-corrected chi connectivity index (χ4v) is 1.89.